The molecule has 0 radical (unpaired) electrons. The normalized spacial score (nSPS) is 26.0. The molecule has 0 aromatic heterocycles. The minimum atomic E-state index is -0.698. The first-order chi connectivity index (χ1) is 11.5. The molecule has 2 bridgehead atoms. The van der Waals surface area contributed by atoms with Crippen LogP contribution in [-0.2, 0) is 9.59 Å². The first-order valence-corrected chi connectivity index (χ1v) is 8.93. The monoisotopic (exact) mass is 358 g/mol. The Labute approximate surface area is 150 Å². The number of rotatable bonds is 2. The van der Waals surface area contributed by atoms with Gasteiger partial charge in [0.05, 0.1) is 0 Å². The van der Waals surface area contributed by atoms with Crippen LogP contribution in [0.3, 0.4) is 0 Å². The number of hydrogen-bond acceptors (Lipinski definition) is 2. The minimum absolute atomic E-state index is 0.0213. The Morgan fingerprint density at radius 1 is 0.792 bits per heavy atom. The van der Waals surface area contributed by atoms with Crippen LogP contribution in [-0.4, -0.2) is 11.6 Å². The second kappa shape index (κ2) is 6.02. The molecule has 0 spiro atoms. The summed E-state index contributed by atoms with van der Waals surface area (Å²) in [4.78, 5) is 25.5. The highest BCUT2D eigenvalue weighted by molar-refractivity contribution is 6.32. The van der Waals surface area contributed by atoms with Crippen LogP contribution in [0, 0.1) is 11.8 Å². The number of hydrogen-bond donors (Lipinski definition) is 0. The van der Waals surface area contributed by atoms with Crippen LogP contribution < -0.4 is 0 Å². The number of carbonyl (C=O) groups is 2. The average molecular weight is 359 g/mol. The number of ketones is 2. The van der Waals surface area contributed by atoms with Crippen molar-refractivity contribution in [3.05, 3.63) is 58.1 Å². The quantitative estimate of drug-likeness (QED) is 0.681. The zero-order chi connectivity index (χ0) is 16.8. The van der Waals surface area contributed by atoms with Gasteiger partial charge in [0.1, 0.15) is 5.92 Å². The van der Waals surface area contributed by atoms with Gasteiger partial charge in [-0.25, -0.2) is 0 Å². The molecule has 2 nitrogen and oxygen atoms in total. The lowest BCUT2D eigenvalue weighted by molar-refractivity contribution is -0.135. The highest BCUT2D eigenvalue weighted by Crippen LogP contribution is 2.45. The van der Waals surface area contributed by atoms with Gasteiger partial charge in [0.25, 0.3) is 0 Å². The van der Waals surface area contributed by atoms with Crippen LogP contribution in [0.25, 0.3) is 11.1 Å². The predicted molar refractivity (Wildman–Crippen MR) is 95.5 cm³/mol. The Kier molecular flexibility index (Phi) is 3.98. The fourth-order valence-electron chi connectivity index (χ4n) is 4.00. The topological polar surface area (TPSA) is 34.1 Å². The second-order valence-electron chi connectivity index (χ2n) is 6.69. The van der Waals surface area contributed by atoms with Crippen LogP contribution in [0.1, 0.15) is 30.7 Å². The van der Waals surface area contributed by atoms with Gasteiger partial charge in [-0.2, -0.15) is 0 Å². The molecule has 4 rings (SSSR count). The Bertz CT molecular complexity index is 804. The summed E-state index contributed by atoms with van der Waals surface area (Å²) in [5.41, 5.74) is 2.57. The molecule has 1 unspecified atom stereocenters. The lowest BCUT2D eigenvalue weighted by atomic mass is 9.75. The van der Waals surface area contributed by atoms with Gasteiger partial charge in [-0.15, -0.1) is 0 Å². The van der Waals surface area contributed by atoms with E-state index in [9.17, 15) is 9.59 Å². The van der Waals surface area contributed by atoms with E-state index in [0.29, 0.717) is 15.6 Å². The van der Waals surface area contributed by atoms with Gasteiger partial charge in [0.15, 0.2) is 11.6 Å². The van der Waals surface area contributed by atoms with E-state index < -0.39 is 5.92 Å². The molecular weight excluding hydrogens is 343 g/mol. The Morgan fingerprint density at radius 3 is 2.00 bits per heavy atom. The van der Waals surface area contributed by atoms with Crippen molar-refractivity contribution in [3.8, 4) is 11.1 Å². The van der Waals surface area contributed by atoms with Gasteiger partial charge in [-0.1, -0.05) is 41.4 Å². The summed E-state index contributed by atoms with van der Waals surface area (Å²) in [5.74, 6) is -0.565. The predicted octanol–water partition coefficient (Wildman–Crippen LogP) is 5.31. The maximum Gasteiger partial charge on any atom is 0.150 e. The molecule has 2 aliphatic rings. The third-order valence-corrected chi connectivity index (χ3v) is 5.89. The lowest BCUT2D eigenvalue weighted by Crippen LogP contribution is -2.34. The fraction of sp³-hybridized carbons (Fsp3) is 0.300. The minimum Gasteiger partial charge on any atom is -0.298 e. The Hall–Kier alpha value is -1.64. The first kappa shape index (κ1) is 15.9. The van der Waals surface area contributed by atoms with E-state index in [1.54, 1.807) is 6.07 Å². The maximum absolute atomic E-state index is 12.7. The van der Waals surface area contributed by atoms with Gasteiger partial charge >= 0.3 is 0 Å². The summed E-state index contributed by atoms with van der Waals surface area (Å²) >= 11 is 12.3. The number of benzene rings is 2. The zero-order valence-corrected chi connectivity index (χ0v) is 14.5. The first-order valence-electron chi connectivity index (χ1n) is 8.17. The second-order valence-corrected chi connectivity index (χ2v) is 7.53. The van der Waals surface area contributed by atoms with Gasteiger partial charge in [-0.3, -0.25) is 9.59 Å². The van der Waals surface area contributed by atoms with E-state index in [2.05, 4.69) is 0 Å². The Morgan fingerprint density at radius 2 is 1.38 bits per heavy atom. The molecule has 0 amide bonds. The standard InChI is InChI=1S/C20H16Cl2O2/c21-15-6-3-11(4-7-15)12-5-8-17(22)16(10-12)18-19(23)13-1-2-14(9-13)20(18)24/h3-8,10,13-14,18H,1-2,9H2/t13-,14+,18?. The van der Waals surface area contributed by atoms with Crippen molar-refractivity contribution < 1.29 is 9.59 Å². The molecule has 24 heavy (non-hydrogen) atoms. The molecule has 0 heterocycles. The van der Waals surface area contributed by atoms with Gasteiger partial charge < -0.3 is 0 Å². The molecule has 2 fully saturated rings. The number of carbonyl (C=O) groups excluding carboxylic acids is 2. The van der Waals surface area contributed by atoms with Crippen molar-refractivity contribution in [1.82, 2.24) is 0 Å². The van der Waals surface area contributed by atoms with Gasteiger partial charge in [0, 0.05) is 21.9 Å². The largest absolute Gasteiger partial charge is 0.298 e. The van der Waals surface area contributed by atoms with E-state index in [0.717, 1.165) is 30.4 Å². The fourth-order valence-corrected chi connectivity index (χ4v) is 4.36. The van der Waals surface area contributed by atoms with Crippen molar-refractivity contribution in [2.24, 2.45) is 11.8 Å². The summed E-state index contributed by atoms with van der Waals surface area (Å²) < 4.78 is 0. The maximum atomic E-state index is 12.7. The van der Waals surface area contributed by atoms with Crippen molar-refractivity contribution in [2.75, 3.05) is 0 Å². The van der Waals surface area contributed by atoms with Crippen LogP contribution in [0.5, 0.6) is 0 Å². The molecular formula is C20H16Cl2O2. The smallest absolute Gasteiger partial charge is 0.150 e. The molecule has 2 aromatic rings. The summed E-state index contributed by atoms with van der Waals surface area (Å²) in [6.07, 6.45) is 2.39. The molecule has 2 aromatic carbocycles. The molecule has 3 atom stereocenters. The zero-order valence-electron chi connectivity index (χ0n) is 13.0. The van der Waals surface area contributed by atoms with E-state index in [1.807, 2.05) is 36.4 Å². The van der Waals surface area contributed by atoms with Crippen LogP contribution in [0.15, 0.2) is 42.5 Å². The summed E-state index contributed by atoms with van der Waals surface area (Å²) in [7, 11) is 0. The SMILES string of the molecule is O=C1C(c2cc(-c3ccc(Cl)cc3)ccc2Cl)C(=O)[C@H]2CC[C@@H]1C2. The highest BCUT2D eigenvalue weighted by Gasteiger charge is 2.47. The van der Waals surface area contributed by atoms with Crippen LogP contribution in [0.2, 0.25) is 10.0 Å². The summed E-state index contributed by atoms with van der Waals surface area (Å²) in [5, 5.41) is 1.16. The van der Waals surface area contributed by atoms with E-state index in [4.69, 9.17) is 23.2 Å². The summed E-state index contributed by atoms with van der Waals surface area (Å²) in [6, 6.07) is 13.0. The third kappa shape index (κ3) is 2.58. The summed E-state index contributed by atoms with van der Waals surface area (Å²) in [6.45, 7) is 0. The average Bonchev–Trinajstić information content (AvgIpc) is 3.03. The van der Waals surface area contributed by atoms with Crippen LogP contribution in [0.4, 0.5) is 0 Å². The molecule has 0 N–H and O–H groups in total. The highest BCUT2D eigenvalue weighted by atomic mass is 35.5. The molecule has 0 aliphatic heterocycles. The van der Waals surface area contributed by atoms with Crippen molar-refractivity contribution >= 4 is 34.8 Å². The number of fused-ring (bicyclic) bond motifs is 2. The van der Waals surface area contributed by atoms with Gasteiger partial charge in [0.2, 0.25) is 0 Å². The van der Waals surface area contributed by atoms with Gasteiger partial charge in [-0.05, 0) is 60.2 Å². The number of halogens is 2. The Balaban J connectivity index is 1.78. The van der Waals surface area contributed by atoms with Crippen molar-refractivity contribution in [2.45, 2.75) is 25.2 Å². The molecule has 2 aliphatic carbocycles. The molecule has 4 heteroatoms. The lowest BCUT2D eigenvalue weighted by Gasteiger charge is -2.26. The van der Waals surface area contributed by atoms with E-state index in [1.165, 1.54) is 0 Å². The van der Waals surface area contributed by atoms with Crippen molar-refractivity contribution in [3.63, 3.8) is 0 Å². The molecule has 122 valence electrons. The third-order valence-electron chi connectivity index (χ3n) is 5.29. The van der Waals surface area contributed by atoms with Crippen molar-refractivity contribution in [1.29, 1.82) is 0 Å². The molecule has 2 saturated carbocycles. The van der Waals surface area contributed by atoms with E-state index >= 15 is 0 Å². The van der Waals surface area contributed by atoms with Crippen LogP contribution >= 0.6 is 23.2 Å². The molecule has 0 saturated heterocycles. The number of Topliss-reactive ketones (excluding diaryl/α,β-unsaturated/α-hetero) is 2. The van der Waals surface area contributed by atoms with E-state index in [-0.39, 0.29) is 23.4 Å².